The molecule has 0 saturated heterocycles. The molecule has 0 spiro atoms. The second-order valence-corrected chi connectivity index (χ2v) is 8.20. The summed E-state index contributed by atoms with van der Waals surface area (Å²) in [5.41, 5.74) is 5.30. The van der Waals surface area contributed by atoms with Crippen LogP contribution in [-0.2, 0) is 0 Å². The van der Waals surface area contributed by atoms with E-state index >= 15 is 0 Å². The molecule has 0 saturated carbocycles. The van der Waals surface area contributed by atoms with Crippen LogP contribution in [0.2, 0.25) is 0 Å². The molecule has 0 N–H and O–H groups in total. The van der Waals surface area contributed by atoms with E-state index in [0.29, 0.717) is 0 Å². The summed E-state index contributed by atoms with van der Waals surface area (Å²) in [4.78, 5) is 4.84. The molecule has 4 aromatic rings. The van der Waals surface area contributed by atoms with Crippen molar-refractivity contribution >= 4 is 33.6 Å². The number of allylic oxidation sites excluding steroid dienone is 1. The highest BCUT2D eigenvalue weighted by Gasteiger charge is 2.30. The second-order valence-electron chi connectivity index (χ2n) is 7.34. The largest absolute Gasteiger partial charge is 0.456 e. The van der Waals surface area contributed by atoms with E-state index < -0.39 is 0 Å². The minimum absolute atomic E-state index is 0.0209. The number of ether oxygens (including phenoxy) is 1. The van der Waals surface area contributed by atoms with Crippen molar-refractivity contribution in [2.24, 2.45) is 4.99 Å². The molecular weight excluding hydrogens is 446 g/mol. The Hall–Kier alpha value is -3.43. The van der Waals surface area contributed by atoms with E-state index in [1.54, 1.807) is 0 Å². The van der Waals surface area contributed by atoms with Crippen molar-refractivity contribution in [1.82, 2.24) is 0 Å². The molecule has 1 aliphatic heterocycles. The fourth-order valence-corrected chi connectivity index (χ4v) is 4.32. The van der Waals surface area contributed by atoms with Crippen LogP contribution < -0.4 is 4.74 Å². The van der Waals surface area contributed by atoms with Crippen LogP contribution in [0.15, 0.2) is 124 Å². The number of hydrogen-bond donors (Lipinski definition) is 0. The van der Waals surface area contributed by atoms with E-state index in [1.807, 2.05) is 66.9 Å². The topological polar surface area (TPSA) is 21.6 Å². The molecule has 0 aliphatic carbocycles. The molecule has 0 unspecified atom stereocenters. The summed E-state index contributed by atoms with van der Waals surface area (Å²) in [6.45, 7) is 0. The Balaban J connectivity index is 1.74. The summed E-state index contributed by atoms with van der Waals surface area (Å²) in [5.74, 6) is 1.74. The first-order valence-electron chi connectivity index (χ1n) is 10.2. The predicted molar refractivity (Wildman–Crippen MR) is 131 cm³/mol. The lowest BCUT2D eigenvalue weighted by molar-refractivity contribution is 0.489. The van der Waals surface area contributed by atoms with Gasteiger partial charge >= 0.3 is 0 Å². The van der Waals surface area contributed by atoms with Gasteiger partial charge < -0.3 is 4.74 Å². The zero-order valence-corrected chi connectivity index (χ0v) is 18.4. The first kappa shape index (κ1) is 19.5. The summed E-state index contributed by atoms with van der Waals surface area (Å²) >= 11 is 3.61. The van der Waals surface area contributed by atoms with E-state index in [9.17, 15) is 0 Å². The van der Waals surface area contributed by atoms with Gasteiger partial charge in [0.1, 0.15) is 11.5 Å². The zero-order valence-electron chi connectivity index (χ0n) is 16.8. The van der Waals surface area contributed by atoms with E-state index in [0.717, 1.165) is 38.4 Å². The van der Waals surface area contributed by atoms with Crippen molar-refractivity contribution < 1.29 is 4.74 Å². The van der Waals surface area contributed by atoms with Gasteiger partial charge in [0.2, 0.25) is 0 Å². The standard InChI is InChI=1S/C28H20BrNO/c29-24-16-8-9-17-25(24)30-19-23-27(20-11-3-1-4-12-20)22-15-7-10-18-26(22)31-28(23)21-13-5-2-6-14-21/h1-19,27H/t27-/m1/s1. The van der Waals surface area contributed by atoms with Gasteiger partial charge in [-0.15, -0.1) is 0 Å². The Labute approximate surface area is 190 Å². The Morgan fingerprint density at radius 2 is 1.35 bits per heavy atom. The maximum absolute atomic E-state index is 6.48. The number of halogens is 1. The van der Waals surface area contributed by atoms with Gasteiger partial charge in [-0.1, -0.05) is 91.0 Å². The molecule has 0 radical (unpaired) electrons. The van der Waals surface area contributed by atoms with Gasteiger partial charge in [-0.2, -0.15) is 0 Å². The summed E-state index contributed by atoms with van der Waals surface area (Å²) in [5, 5.41) is 0. The van der Waals surface area contributed by atoms with E-state index in [-0.39, 0.29) is 5.92 Å². The number of rotatable bonds is 4. The molecule has 150 valence electrons. The zero-order chi connectivity index (χ0) is 21.0. The summed E-state index contributed by atoms with van der Waals surface area (Å²) in [6, 6.07) is 37.0. The van der Waals surface area contributed by atoms with Crippen molar-refractivity contribution in [3.63, 3.8) is 0 Å². The van der Waals surface area contributed by atoms with Crippen molar-refractivity contribution in [3.05, 3.63) is 136 Å². The molecule has 4 aromatic carbocycles. The lowest BCUT2D eigenvalue weighted by Gasteiger charge is -2.30. The number of benzene rings is 4. The predicted octanol–water partition coefficient (Wildman–Crippen LogP) is 7.79. The smallest absolute Gasteiger partial charge is 0.140 e. The highest BCUT2D eigenvalue weighted by molar-refractivity contribution is 9.10. The van der Waals surface area contributed by atoms with Crippen molar-refractivity contribution in [1.29, 1.82) is 0 Å². The molecule has 1 heterocycles. The normalized spacial score (nSPS) is 15.6. The van der Waals surface area contributed by atoms with Crippen molar-refractivity contribution in [3.8, 4) is 5.75 Å². The first-order valence-corrected chi connectivity index (χ1v) is 11.0. The summed E-state index contributed by atoms with van der Waals surface area (Å²) in [6.07, 6.45) is 1.95. The van der Waals surface area contributed by atoms with E-state index in [2.05, 4.69) is 64.5 Å². The summed E-state index contributed by atoms with van der Waals surface area (Å²) < 4.78 is 7.44. The number of nitrogens with zero attached hydrogens (tertiary/aromatic N) is 1. The third-order valence-electron chi connectivity index (χ3n) is 5.38. The number of fused-ring (bicyclic) bond motifs is 1. The van der Waals surface area contributed by atoms with Gasteiger partial charge in [0.15, 0.2) is 0 Å². The van der Waals surface area contributed by atoms with Crippen LogP contribution in [0.25, 0.3) is 5.76 Å². The lowest BCUT2D eigenvalue weighted by Crippen LogP contribution is -2.17. The van der Waals surface area contributed by atoms with Crippen LogP contribution in [0, 0.1) is 0 Å². The third-order valence-corrected chi connectivity index (χ3v) is 6.05. The Kier molecular flexibility index (Phi) is 5.51. The Bertz CT molecular complexity index is 1260. The maximum atomic E-state index is 6.48. The van der Waals surface area contributed by atoms with Gasteiger partial charge in [-0.25, -0.2) is 0 Å². The fourth-order valence-electron chi connectivity index (χ4n) is 3.93. The molecule has 0 fully saturated rings. The number of hydrogen-bond acceptors (Lipinski definition) is 2. The van der Waals surface area contributed by atoms with Gasteiger partial charge in [0, 0.05) is 33.3 Å². The van der Waals surface area contributed by atoms with Crippen LogP contribution in [0.4, 0.5) is 5.69 Å². The average Bonchev–Trinajstić information content (AvgIpc) is 2.84. The molecule has 31 heavy (non-hydrogen) atoms. The highest BCUT2D eigenvalue weighted by atomic mass is 79.9. The second kappa shape index (κ2) is 8.75. The maximum Gasteiger partial charge on any atom is 0.140 e. The minimum atomic E-state index is 0.0209. The molecule has 1 aliphatic rings. The van der Waals surface area contributed by atoms with Gasteiger partial charge in [0.05, 0.1) is 5.69 Å². The summed E-state index contributed by atoms with van der Waals surface area (Å²) in [7, 11) is 0. The molecule has 5 rings (SSSR count). The van der Waals surface area contributed by atoms with Crippen LogP contribution in [-0.4, -0.2) is 6.21 Å². The average molecular weight is 466 g/mol. The lowest BCUT2D eigenvalue weighted by atomic mass is 9.81. The molecule has 0 amide bonds. The first-order chi connectivity index (χ1) is 15.3. The van der Waals surface area contributed by atoms with Gasteiger partial charge in [-0.3, -0.25) is 4.99 Å². The van der Waals surface area contributed by atoms with Crippen molar-refractivity contribution in [2.75, 3.05) is 0 Å². The molecule has 0 bridgehead atoms. The molecule has 0 aromatic heterocycles. The molecule has 1 atom stereocenters. The van der Waals surface area contributed by atoms with E-state index in [4.69, 9.17) is 9.73 Å². The monoisotopic (exact) mass is 465 g/mol. The number of para-hydroxylation sites is 2. The van der Waals surface area contributed by atoms with Crippen LogP contribution >= 0.6 is 15.9 Å². The van der Waals surface area contributed by atoms with Gasteiger partial charge in [-0.05, 0) is 39.7 Å². The Morgan fingerprint density at radius 3 is 2.13 bits per heavy atom. The fraction of sp³-hybridized carbons (Fsp3) is 0.0357. The molecule has 3 heteroatoms. The number of aliphatic imine (C=N–C) groups is 1. The molecule has 2 nitrogen and oxygen atoms in total. The van der Waals surface area contributed by atoms with Crippen LogP contribution in [0.3, 0.4) is 0 Å². The molecular formula is C28H20BrNO. The SMILES string of the molecule is Brc1ccccc1N=CC1=C(c2ccccc2)Oc2ccccc2[C@H]1c1ccccc1. The van der Waals surface area contributed by atoms with Crippen LogP contribution in [0.5, 0.6) is 5.75 Å². The highest BCUT2D eigenvalue weighted by Crippen LogP contribution is 2.45. The van der Waals surface area contributed by atoms with Crippen molar-refractivity contribution in [2.45, 2.75) is 5.92 Å². The van der Waals surface area contributed by atoms with Crippen LogP contribution in [0.1, 0.15) is 22.6 Å². The Morgan fingerprint density at radius 1 is 0.710 bits per heavy atom. The minimum Gasteiger partial charge on any atom is -0.456 e. The quantitative estimate of drug-likeness (QED) is 0.281. The van der Waals surface area contributed by atoms with Gasteiger partial charge in [0.25, 0.3) is 0 Å². The third kappa shape index (κ3) is 3.97. The van der Waals surface area contributed by atoms with E-state index in [1.165, 1.54) is 5.56 Å².